The Balaban J connectivity index is 0. The van der Waals surface area contributed by atoms with E-state index >= 15 is 0 Å². The van der Waals surface area contributed by atoms with E-state index < -0.39 is 0 Å². The second-order valence-electron chi connectivity index (χ2n) is 5.39. The number of hydrogen-bond acceptors (Lipinski definition) is 4. The fourth-order valence-electron chi connectivity index (χ4n) is 1.30. The molecule has 4 heteroatoms. The summed E-state index contributed by atoms with van der Waals surface area (Å²) < 4.78 is 2.98. The smallest absolute Gasteiger partial charge is 0.100 e. The predicted molar refractivity (Wildman–Crippen MR) is 95.2 cm³/mol. The largest absolute Gasteiger partial charge is 0.258 e. The summed E-state index contributed by atoms with van der Waals surface area (Å²) in [5.41, 5.74) is 0.738. The second-order valence-corrected chi connectivity index (χ2v) is 6.59. The van der Waals surface area contributed by atoms with Gasteiger partial charge in [-0.05, 0) is 24.3 Å². The number of rotatable bonds is 4. The molecule has 0 fully saturated rings. The quantitative estimate of drug-likeness (QED) is 0.686. The molecule has 0 aliphatic rings. The van der Waals surface area contributed by atoms with Crippen LogP contribution in [0.3, 0.4) is 0 Å². The molecule has 1 unspecified atom stereocenters. The topological polar surface area (TPSA) is 35.8 Å². The highest BCUT2D eigenvalue weighted by molar-refractivity contribution is 7.78. The van der Waals surface area contributed by atoms with Gasteiger partial charge in [-0.25, -0.2) is 0 Å². The van der Waals surface area contributed by atoms with Crippen LogP contribution in [-0.2, 0) is 0 Å². The first-order valence-electron chi connectivity index (χ1n) is 7.28. The SMILES string of the molecule is CC.CC(C)C.CC(C)CC(NS)c1cc(C#N)cs1. The molecule has 116 valence electrons. The van der Waals surface area contributed by atoms with Gasteiger partial charge in [0, 0.05) is 10.3 Å². The molecule has 1 aromatic heterocycles. The molecule has 2 nitrogen and oxygen atoms in total. The van der Waals surface area contributed by atoms with E-state index in [9.17, 15) is 0 Å². The van der Waals surface area contributed by atoms with E-state index in [0.717, 1.165) is 17.9 Å². The molecule has 1 rings (SSSR count). The summed E-state index contributed by atoms with van der Waals surface area (Å²) in [6, 6.07) is 4.32. The van der Waals surface area contributed by atoms with Crippen molar-refractivity contribution in [1.29, 1.82) is 5.26 Å². The van der Waals surface area contributed by atoms with Crippen LogP contribution in [0.5, 0.6) is 0 Å². The Hall–Kier alpha value is -0.500. The second kappa shape index (κ2) is 13.5. The molecule has 0 amide bonds. The van der Waals surface area contributed by atoms with Gasteiger partial charge in [0.1, 0.15) is 6.07 Å². The Morgan fingerprint density at radius 1 is 1.25 bits per heavy atom. The van der Waals surface area contributed by atoms with Gasteiger partial charge in [0.2, 0.25) is 0 Å². The van der Waals surface area contributed by atoms with E-state index in [1.807, 2.05) is 25.3 Å². The van der Waals surface area contributed by atoms with Crippen molar-refractivity contribution >= 4 is 24.2 Å². The Morgan fingerprint density at radius 3 is 2.05 bits per heavy atom. The summed E-state index contributed by atoms with van der Waals surface area (Å²) in [6.45, 7) is 14.9. The first-order valence-corrected chi connectivity index (χ1v) is 8.61. The predicted octanol–water partition coefficient (Wildman–Crippen LogP) is 5.83. The van der Waals surface area contributed by atoms with Gasteiger partial charge in [0.05, 0.1) is 11.6 Å². The fraction of sp³-hybridized carbons (Fsp3) is 0.688. The third-order valence-corrected chi connectivity index (χ3v) is 3.31. The zero-order valence-corrected chi connectivity index (χ0v) is 15.6. The van der Waals surface area contributed by atoms with E-state index in [4.69, 9.17) is 5.26 Å². The van der Waals surface area contributed by atoms with Gasteiger partial charge >= 0.3 is 0 Å². The third-order valence-electron chi connectivity index (χ3n) is 1.96. The van der Waals surface area contributed by atoms with Crippen LogP contribution >= 0.6 is 24.2 Å². The number of thiophene rings is 1. The highest BCUT2D eigenvalue weighted by Crippen LogP contribution is 2.27. The number of hydrogen-bond donors (Lipinski definition) is 2. The zero-order chi connectivity index (χ0) is 16.1. The highest BCUT2D eigenvalue weighted by atomic mass is 32.1. The molecule has 0 radical (unpaired) electrons. The van der Waals surface area contributed by atoms with Crippen molar-refractivity contribution in [2.75, 3.05) is 0 Å². The lowest BCUT2D eigenvalue weighted by atomic mass is 10.0. The monoisotopic (exact) mass is 314 g/mol. The van der Waals surface area contributed by atoms with Crippen LogP contribution in [0.4, 0.5) is 0 Å². The lowest BCUT2D eigenvalue weighted by molar-refractivity contribution is 0.497. The molecule has 20 heavy (non-hydrogen) atoms. The fourth-order valence-corrected chi connectivity index (χ4v) is 2.53. The molecule has 1 heterocycles. The van der Waals surface area contributed by atoms with Crippen LogP contribution in [0.15, 0.2) is 11.4 Å². The maximum atomic E-state index is 8.70. The Labute approximate surface area is 135 Å². The standard InChI is InChI=1S/C10H14N2S2.C4H10.C2H6/c1-7(2)3-9(12-13)10-4-8(5-11)6-14-10;1-4(2)3;1-2/h4,6-7,9,12-13H,3H2,1-2H3;4H,1-3H3;1-2H3. The summed E-state index contributed by atoms with van der Waals surface area (Å²) in [6.07, 6.45) is 1.04. The summed E-state index contributed by atoms with van der Waals surface area (Å²) in [4.78, 5) is 1.19. The maximum Gasteiger partial charge on any atom is 0.100 e. The van der Waals surface area contributed by atoms with Crippen molar-refractivity contribution in [1.82, 2.24) is 4.72 Å². The van der Waals surface area contributed by atoms with Gasteiger partial charge in [-0.3, -0.25) is 4.72 Å². The Bertz CT molecular complexity index is 362. The summed E-state index contributed by atoms with van der Waals surface area (Å²) in [7, 11) is 0. The molecule has 0 saturated carbocycles. The molecule has 1 aromatic rings. The van der Waals surface area contributed by atoms with E-state index in [-0.39, 0.29) is 6.04 Å². The van der Waals surface area contributed by atoms with Gasteiger partial charge in [-0.2, -0.15) is 5.26 Å². The van der Waals surface area contributed by atoms with Crippen molar-refractivity contribution in [3.8, 4) is 6.07 Å². The van der Waals surface area contributed by atoms with Crippen LogP contribution in [0.2, 0.25) is 0 Å². The average Bonchev–Trinajstić information content (AvgIpc) is 2.86. The molecule has 0 aromatic carbocycles. The average molecular weight is 315 g/mol. The molecule has 0 saturated heterocycles. The van der Waals surface area contributed by atoms with E-state index in [1.54, 1.807) is 11.3 Å². The summed E-state index contributed by atoms with van der Waals surface area (Å²) >= 11 is 5.73. The van der Waals surface area contributed by atoms with Crippen molar-refractivity contribution in [2.24, 2.45) is 11.8 Å². The molecular weight excluding hydrogens is 284 g/mol. The number of thiol groups is 1. The number of nitrogens with zero attached hydrogens (tertiary/aromatic N) is 1. The van der Waals surface area contributed by atoms with Crippen LogP contribution in [0.1, 0.15) is 71.4 Å². The molecular formula is C16H30N2S2. The first kappa shape index (κ1) is 21.8. The van der Waals surface area contributed by atoms with E-state index in [0.29, 0.717) is 5.92 Å². The molecule has 0 bridgehead atoms. The van der Waals surface area contributed by atoms with Gasteiger partial charge in [0.15, 0.2) is 0 Å². The van der Waals surface area contributed by atoms with Gasteiger partial charge in [-0.15, -0.1) is 11.3 Å². The molecule has 1 N–H and O–H groups in total. The van der Waals surface area contributed by atoms with Gasteiger partial charge in [0.25, 0.3) is 0 Å². The van der Waals surface area contributed by atoms with Crippen molar-refractivity contribution in [3.63, 3.8) is 0 Å². The van der Waals surface area contributed by atoms with Gasteiger partial charge in [-0.1, -0.05) is 61.3 Å². The van der Waals surface area contributed by atoms with Gasteiger partial charge < -0.3 is 0 Å². The minimum Gasteiger partial charge on any atom is -0.258 e. The van der Waals surface area contributed by atoms with Crippen molar-refractivity contribution in [2.45, 2.75) is 60.9 Å². The van der Waals surface area contributed by atoms with Crippen LogP contribution < -0.4 is 4.72 Å². The normalized spacial score (nSPS) is 11.1. The summed E-state index contributed by atoms with van der Waals surface area (Å²) in [5, 5.41) is 10.6. The lowest BCUT2D eigenvalue weighted by Gasteiger charge is -2.15. The zero-order valence-electron chi connectivity index (χ0n) is 13.9. The number of nitrogens with one attached hydrogen (secondary N) is 1. The van der Waals surface area contributed by atoms with E-state index in [1.165, 1.54) is 4.88 Å². The maximum absolute atomic E-state index is 8.70. The lowest BCUT2D eigenvalue weighted by Crippen LogP contribution is -2.12. The molecule has 1 atom stereocenters. The molecule has 0 aliphatic heterocycles. The Morgan fingerprint density at radius 2 is 1.75 bits per heavy atom. The van der Waals surface area contributed by atoms with Crippen LogP contribution in [0.25, 0.3) is 0 Å². The van der Waals surface area contributed by atoms with E-state index in [2.05, 4.69) is 58.2 Å². The third kappa shape index (κ3) is 11.3. The highest BCUT2D eigenvalue weighted by Gasteiger charge is 2.13. The molecule has 0 spiro atoms. The van der Waals surface area contributed by atoms with Crippen molar-refractivity contribution in [3.05, 3.63) is 21.9 Å². The minimum atomic E-state index is 0.255. The molecule has 0 aliphatic carbocycles. The first-order chi connectivity index (χ1) is 9.40. The summed E-state index contributed by atoms with van der Waals surface area (Å²) in [5.74, 6) is 1.45. The Kier molecular flexibility index (Phi) is 14.7. The minimum absolute atomic E-state index is 0.255. The van der Waals surface area contributed by atoms with Crippen LogP contribution in [-0.4, -0.2) is 0 Å². The van der Waals surface area contributed by atoms with Crippen LogP contribution in [0, 0.1) is 23.2 Å². The van der Waals surface area contributed by atoms with Crippen molar-refractivity contribution < 1.29 is 0 Å². The number of nitriles is 1.